The molecule has 2 aromatic carbocycles. The van der Waals surface area contributed by atoms with Crippen molar-refractivity contribution in [3.63, 3.8) is 0 Å². The molecule has 3 aromatic rings. The number of hydrogen-bond donors (Lipinski definition) is 1. The molecule has 2 heterocycles. The summed E-state index contributed by atoms with van der Waals surface area (Å²) in [6.45, 7) is 11.8. The van der Waals surface area contributed by atoms with Crippen molar-refractivity contribution in [2.24, 2.45) is 0 Å². The van der Waals surface area contributed by atoms with Gasteiger partial charge in [0.2, 0.25) is 0 Å². The molecule has 0 bridgehead atoms. The van der Waals surface area contributed by atoms with E-state index in [2.05, 4.69) is 15.2 Å². The molecule has 0 aliphatic carbocycles. The third-order valence-electron chi connectivity index (χ3n) is 6.73. The second kappa shape index (κ2) is 11.5. The van der Waals surface area contributed by atoms with Gasteiger partial charge in [-0.25, -0.2) is 9.78 Å². The van der Waals surface area contributed by atoms with Crippen molar-refractivity contribution in [1.82, 2.24) is 15.2 Å². The quantitative estimate of drug-likeness (QED) is 0.432. The van der Waals surface area contributed by atoms with Gasteiger partial charge in [-0.2, -0.15) is 0 Å². The maximum atomic E-state index is 13.0. The van der Waals surface area contributed by atoms with E-state index in [1.807, 2.05) is 71.0 Å². The summed E-state index contributed by atoms with van der Waals surface area (Å²) in [6, 6.07) is 13.2. The van der Waals surface area contributed by atoms with Gasteiger partial charge in [-0.3, -0.25) is 9.69 Å². The van der Waals surface area contributed by atoms with E-state index in [9.17, 15) is 9.59 Å². The number of anilines is 1. The molecule has 1 saturated heterocycles. The molecule has 1 aliphatic heterocycles. The van der Waals surface area contributed by atoms with Crippen LogP contribution < -0.4 is 19.7 Å². The number of aromatic nitrogens is 1. The van der Waals surface area contributed by atoms with Crippen LogP contribution in [0.1, 0.15) is 50.7 Å². The van der Waals surface area contributed by atoms with Crippen LogP contribution in [-0.2, 0) is 11.3 Å². The second-order valence-corrected chi connectivity index (χ2v) is 11.3. The van der Waals surface area contributed by atoms with Gasteiger partial charge in [-0.15, -0.1) is 0 Å². The summed E-state index contributed by atoms with van der Waals surface area (Å²) in [5.74, 6) is 1.32. The Hall–Kier alpha value is -4.21. The SMILES string of the molecule is COc1ccc(CNC(=O)c2ncoc2-c2ccc(N3CCN(C(=O)OC(C)(C)C)C(C)(C)C3)cc2)c(OC)c1. The van der Waals surface area contributed by atoms with Crippen LogP contribution in [0.15, 0.2) is 53.3 Å². The normalized spacial score (nSPS) is 15.0. The predicted molar refractivity (Wildman–Crippen MR) is 152 cm³/mol. The Labute approximate surface area is 235 Å². The van der Waals surface area contributed by atoms with Crippen LogP contribution in [0.3, 0.4) is 0 Å². The van der Waals surface area contributed by atoms with Gasteiger partial charge in [-0.1, -0.05) is 0 Å². The summed E-state index contributed by atoms with van der Waals surface area (Å²) >= 11 is 0. The number of carbonyl (C=O) groups excluding carboxylic acids is 2. The van der Waals surface area contributed by atoms with E-state index in [1.54, 1.807) is 25.2 Å². The van der Waals surface area contributed by atoms with Crippen molar-refractivity contribution in [2.75, 3.05) is 38.8 Å². The minimum Gasteiger partial charge on any atom is -0.497 e. The van der Waals surface area contributed by atoms with Gasteiger partial charge < -0.3 is 28.8 Å². The zero-order chi connectivity index (χ0) is 29.1. The lowest BCUT2D eigenvalue weighted by Gasteiger charge is -2.47. The molecule has 1 fully saturated rings. The molecule has 10 heteroatoms. The highest BCUT2D eigenvalue weighted by Gasteiger charge is 2.39. The number of piperazine rings is 1. The molecule has 0 unspecified atom stereocenters. The van der Waals surface area contributed by atoms with Crippen molar-refractivity contribution < 1.29 is 28.2 Å². The minimum absolute atomic E-state index is 0.201. The molecule has 1 N–H and O–H groups in total. The number of amides is 2. The Balaban J connectivity index is 1.42. The summed E-state index contributed by atoms with van der Waals surface area (Å²) < 4.78 is 21.9. The summed E-state index contributed by atoms with van der Waals surface area (Å²) in [5.41, 5.74) is 1.80. The molecule has 1 aliphatic rings. The molecule has 4 rings (SSSR count). The second-order valence-electron chi connectivity index (χ2n) is 11.3. The van der Waals surface area contributed by atoms with Crippen molar-refractivity contribution in [3.8, 4) is 22.8 Å². The number of ether oxygens (including phenoxy) is 3. The molecule has 0 radical (unpaired) electrons. The Kier molecular flexibility index (Phi) is 8.27. The first kappa shape index (κ1) is 28.8. The van der Waals surface area contributed by atoms with Gasteiger partial charge in [0.25, 0.3) is 5.91 Å². The van der Waals surface area contributed by atoms with Crippen LogP contribution >= 0.6 is 0 Å². The van der Waals surface area contributed by atoms with Crippen LogP contribution in [0, 0.1) is 0 Å². The van der Waals surface area contributed by atoms with Gasteiger partial charge in [0.05, 0.1) is 19.8 Å². The molecule has 0 saturated carbocycles. The third-order valence-corrected chi connectivity index (χ3v) is 6.73. The number of hydrogen-bond acceptors (Lipinski definition) is 8. The first-order valence-corrected chi connectivity index (χ1v) is 13.2. The number of methoxy groups -OCH3 is 2. The Morgan fingerprint density at radius 1 is 1.05 bits per heavy atom. The molecule has 40 heavy (non-hydrogen) atoms. The molecule has 0 spiro atoms. The molecule has 0 atom stereocenters. The zero-order valence-electron chi connectivity index (χ0n) is 24.2. The lowest BCUT2D eigenvalue weighted by Crippen LogP contribution is -2.61. The van der Waals surface area contributed by atoms with E-state index < -0.39 is 11.1 Å². The maximum Gasteiger partial charge on any atom is 0.410 e. The highest BCUT2D eigenvalue weighted by molar-refractivity contribution is 5.97. The van der Waals surface area contributed by atoms with E-state index in [4.69, 9.17) is 18.6 Å². The molecule has 1 aromatic heterocycles. The van der Waals surface area contributed by atoms with Crippen LogP contribution in [-0.4, -0.2) is 66.9 Å². The van der Waals surface area contributed by atoms with Crippen molar-refractivity contribution >= 4 is 17.7 Å². The smallest absolute Gasteiger partial charge is 0.410 e. The fourth-order valence-electron chi connectivity index (χ4n) is 4.72. The third kappa shape index (κ3) is 6.50. The molecule has 2 amide bonds. The van der Waals surface area contributed by atoms with Crippen molar-refractivity contribution in [3.05, 3.63) is 60.1 Å². The van der Waals surface area contributed by atoms with E-state index in [1.165, 1.54) is 6.39 Å². The summed E-state index contributed by atoms with van der Waals surface area (Å²) in [7, 11) is 3.16. The molecule has 10 nitrogen and oxygen atoms in total. The Bertz CT molecular complexity index is 1340. The topological polar surface area (TPSA) is 106 Å². The number of rotatable bonds is 7. The number of oxazole rings is 1. The van der Waals surface area contributed by atoms with Crippen molar-refractivity contribution in [1.29, 1.82) is 0 Å². The first-order chi connectivity index (χ1) is 18.9. The largest absolute Gasteiger partial charge is 0.497 e. The fourth-order valence-corrected chi connectivity index (χ4v) is 4.72. The molecular formula is C30H38N4O6. The van der Waals surface area contributed by atoms with Gasteiger partial charge in [0, 0.05) is 49.1 Å². The zero-order valence-corrected chi connectivity index (χ0v) is 24.2. The maximum absolute atomic E-state index is 13.0. The first-order valence-electron chi connectivity index (χ1n) is 13.2. The van der Waals surface area contributed by atoms with Gasteiger partial charge in [-0.05, 0) is 71.0 Å². The highest BCUT2D eigenvalue weighted by atomic mass is 16.6. The van der Waals surface area contributed by atoms with Crippen LogP contribution in [0.4, 0.5) is 10.5 Å². The van der Waals surface area contributed by atoms with E-state index in [0.29, 0.717) is 36.9 Å². The van der Waals surface area contributed by atoms with Crippen LogP contribution in [0.25, 0.3) is 11.3 Å². The number of nitrogens with one attached hydrogen (secondary N) is 1. The summed E-state index contributed by atoms with van der Waals surface area (Å²) in [5, 5.41) is 2.89. The Morgan fingerprint density at radius 2 is 1.77 bits per heavy atom. The standard InChI is InChI=1S/C30H38N4O6/c1-29(2,3)40-28(36)34-15-14-33(18-30(34,4)5)22-11-8-20(9-12-22)26-25(32-19-39-26)27(35)31-17-21-10-13-23(37-6)16-24(21)38-7/h8-13,16,19H,14-15,17-18H2,1-7H3,(H,31,35). The van der Waals surface area contributed by atoms with E-state index in [-0.39, 0.29) is 24.2 Å². The number of benzene rings is 2. The highest BCUT2D eigenvalue weighted by Crippen LogP contribution is 2.30. The Morgan fingerprint density at radius 3 is 2.40 bits per heavy atom. The van der Waals surface area contributed by atoms with E-state index >= 15 is 0 Å². The lowest BCUT2D eigenvalue weighted by molar-refractivity contribution is 0.000364. The van der Waals surface area contributed by atoms with Crippen molar-refractivity contribution in [2.45, 2.75) is 52.3 Å². The molecule has 214 valence electrons. The van der Waals surface area contributed by atoms with Gasteiger partial charge in [0.15, 0.2) is 17.8 Å². The number of nitrogens with zero attached hydrogens (tertiary/aromatic N) is 3. The monoisotopic (exact) mass is 550 g/mol. The summed E-state index contributed by atoms with van der Waals surface area (Å²) in [4.78, 5) is 33.9. The lowest BCUT2D eigenvalue weighted by atomic mass is 9.98. The van der Waals surface area contributed by atoms with Crippen LogP contribution in [0.5, 0.6) is 11.5 Å². The predicted octanol–water partition coefficient (Wildman–Crippen LogP) is 5.12. The average Bonchev–Trinajstić information content (AvgIpc) is 3.40. The van der Waals surface area contributed by atoms with Crippen LogP contribution in [0.2, 0.25) is 0 Å². The van der Waals surface area contributed by atoms with Gasteiger partial charge in [0.1, 0.15) is 17.1 Å². The minimum atomic E-state index is -0.543. The fraction of sp³-hybridized carbons (Fsp3) is 0.433. The van der Waals surface area contributed by atoms with E-state index in [0.717, 1.165) is 16.8 Å². The number of carbonyl (C=O) groups is 2. The summed E-state index contributed by atoms with van der Waals surface area (Å²) in [6.07, 6.45) is 0.971. The van der Waals surface area contributed by atoms with Gasteiger partial charge >= 0.3 is 6.09 Å². The average molecular weight is 551 g/mol. The molecular weight excluding hydrogens is 512 g/mol.